The molecule has 1 aromatic carbocycles. The molecular weight excluding hydrogens is 262 g/mol. The van der Waals surface area contributed by atoms with Gasteiger partial charge in [0, 0.05) is 18.0 Å². The van der Waals surface area contributed by atoms with E-state index in [1.807, 2.05) is 13.0 Å². The average molecular weight is 285 g/mol. The second-order valence-corrected chi connectivity index (χ2v) is 5.92. The Hall–Kier alpha value is -1.61. The molecule has 2 heterocycles. The van der Waals surface area contributed by atoms with E-state index in [-0.39, 0.29) is 18.1 Å². The number of fused-ring (bicyclic) bond motifs is 2. The molecule has 0 saturated carbocycles. The van der Waals surface area contributed by atoms with Gasteiger partial charge < -0.3 is 4.74 Å². The van der Waals surface area contributed by atoms with Gasteiger partial charge in [0.15, 0.2) is 0 Å². The molecule has 0 radical (unpaired) electrons. The fourth-order valence-corrected chi connectivity index (χ4v) is 3.72. The maximum atomic E-state index is 12.4. The predicted molar refractivity (Wildman–Crippen MR) is 82.8 cm³/mol. The summed E-state index contributed by atoms with van der Waals surface area (Å²) in [4.78, 5) is 14.8. The molecule has 0 spiro atoms. The number of esters is 1. The van der Waals surface area contributed by atoms with Crippen molar-refractivity contribution in [1.29, 1.82) is 0 Å². The molecule has 2 bridgehead atoms. The standard InChI is InChI=1S/C18H23NO2/c1-3-21-18(20)17-15-9-11-16(12-10-15)19(17)13(2)14-7-5-4-6-8-14/h4-9,11,13,15-17H,3,10,12H2,1-2H3/t13-,15-,16+,17-/m1/s1. The van der Waals surface area contributed by atoms with Crippen LogP contribution in [0, 0.1) is 5.92 Å². The molecule has 1 aliphatic carbocycles. The van der Waals surface area contributed by atoms with Crippen LogP contribution in [0.2, 0.25) is 0 Å². The highest BCUT2D eigenvalue weighted by Gasteiger charge is 2.45. The van der Waals surface area contributed by atoms with Gasteiger partial charge in [0.1, 0.15) is 6.04 Å². The zero-order valence-corrected chi connectivity index (χ0v) is 12.7. The van der Waals surface area contributed by atoms with Crippen molar-refractivity contribution < 1.29 is 9.53 Å². The van der Waals surface area contributed by atoms with Gasteiger partial charge in [-0.2, -0.15) is 0 Å². The Balaban J connectivity index is 1.90. The summed E-state index contributed by atoms with van der Waals surface area (Å²) in [6.45, 7) is 4.51. The zero-order valence-electron chi connectivity index (χ0n) is 12.7. The van der Waals surface area contributed by atoms with E-state index in [1.165, 1.54) is 5.56 Å². The third-order valence-electron chi connectivity index (χ3n) is 4.74. The van der Waals surface area contributed by atoms with Crippen LogP contribution in [0.3, 0.4) is 0 Å². The van der Waals surface area contributed by atoms with Crippen LogP contribution in [0.15, 0.2) is 42.5 Å². The van der Waals surface area contributed by atoms with Gasteiger partial charge in [-0.15, -0.1) is 0 Å². The fourth-order valence-electron chi connectivity index (χ4n) is 3.72. The Bertz CT molecular complexity index is 525. The van der Waals surface area contributed by atoms with Crippen LogP contribution in [-0.4, -0.2) is 29.6 Å². The number of carbonyl (C=O) groups excluding carboxylic acids is 1. The number of carbonyl (C=O) groups is 1. The second-order valence-electron chi connectivity index (χ2n) is 5.92. The molecule has 0 amide bonds. The van der Waals surface area contributed by atoms with Crippen molar-refractivity contribution in [3.05, 3.63) is 48.0 Å². The number of piperidine rings is 1. The fraction of sp³-hybridized carbons (Fsp3) is 0.500. The number of nitrogens with zero attached hydrogens (tertiary/aromatic N) is 1. The summed E-state index contributed by atoms with van der Waals surface area (Å²) >= 11 is 0. The highest BCUT2D eigenvalue weighted by molar-refractivity contribution is 5.77. The zero-order chi connectivity index (χ0) is 14.8. The van der Waals surface area contributed by atoms with Gasteiger partial charge in [-0.3, -0.25) is 9.69 Å². The van der Waals surface area contributed by atoms with Gasteiger partial charge in [-0.25, -0.2) is 0 Å². The molecule has 21 heavy (non-hydrogen) atoms. The summed E-state index contributed by atoms with van der Waals surface area (Å²) in [5.74, 6) is 0.222. The Morgan fingerprint density at radius 2 is 2.05 bits per heavy atom. The summed E-state index contributed by atoms with van der Waals surface area (Å²) < 4.78 is 5.34. The van der Waals surface area contributed by atoms with Crippen molar-refractivity contribution in [2.45, 2.75) is 44.8 Å². The Labute approximate surface area is 126 Å². The molecule has 112 valence electrons. The van der Waals surface area contributed by atoms with E-state index in [1.54, 1.807) is 0 Å². The lowest BCUT2D eigenvalue weighted by atomic mass is 9.78. The van der Waals surface area contributed by atoms with Gasteiger partial charge >= 0.3 is 5.97 Å². The van der Waals surface area contributed by atoms with Crippen molar-refractivity contribution in [2.24, 2.45) is 5.92 Å². The number of hydrogen-bond donors (Lipinski definition) is 0. The lowest BCUT2D eigenvalue weighted by Gasteiger charge is -2.49. The third-order valence-corrected chi connectivity index (χ3v) is 4.74. The van der Waals surface area contributed by atoms with Gasteiger partial charge in [-0.1, -0.05) is 42.5 Å². The van der Waals surface area contributed by atoms with Crippen LogP contribution >= 0.6 is 0 Å². The first kappa shape index (κ1) is 14.3. The van der Waals surface area contributed by atoms with E-state index in [2.05, 4.69) is 48.2 Å². The topological polar surface area (TPSA) is 29.5 Å². The molecule has 4 rings (SSSR count). The monoisotopic (exact) mass is 285 g/mol. The van der Waals surface area contributed by atoms with Gasteiger partial charge in [0.05, 0.1) is 6.61 Å². The molecule has 1 saturated heterocycles. The normalized spacial score (nSPS) is 29.3. The summed E-state index contributed by atoms with van der Waals surface area (Å²) in [5, 5.41) is 0. The minimum absolute atomic E-state index is 0.0701. The molecule has 1 aromatic rings. The maximum absolute atomic E-state index is 12.4. The van der Waals surface area contributed by atoms with E-state index in [9.17, 15) is 4.79 Å². The molecular formula is C18H23NO2. The van der Waals surface area contributed by atoms with Crippen molar-refractivity contribution in [3.8, 4) is 0 Å². The quantitative estimate of drug-likeness (QED) is 0.628. The molecule has 0 aromatic heterocycles. The summed E-state index contributed by atoms with van der Waals surface area (Å²) in [7, 11) is 0. The number of rotatable bonds is 4. The van der Waals surface area contributed by atoms with Crippen molar-refractivity contribution in [3.63, 3.8) is 0 Å². The molecule has 4 atom stereocenters. The number of hydrogen-bond acceptors (Lipinski definition) is 3. The van der Waals surface area contributed by atoms with Crippen LogP contribution in [0.25, 0.3) is 0 Å². The highest BCUT2D eigenvalue weighted by atomic mass is 16.5. The Kier molecular flexibility index (Phi) is 4.11. The van der Waals surface area contributed by atoms with Crippen LogP contribution in [0.5, 0.6) is 0 Å². The lowest BCUT2D eigenvalue weighted by Crippen LogP contribution is -2.57. The molecule has 2 aliphatic heterocycles. The average Bonchev–Trinajstić information content (AvgIpc) is 2.55. The summed E-state index contributed by atoms with van der Waals surface area (Å²) in [6.07, 6.45) is 6.70. The van der Waals surface area contributed by atoms with Gasteiger partial charge in [0.2, 0.25) is 0 Å². The minimum Gasteiger partial charge on any atom is -0.465 e. The SMILES string of the molecule is CCOC(=O)[C@H]1[C@@H]2C=C[C@@H](CC2)N1[C@H](C)c1ccccc1. The van der Waals surface area contributed by atoms with Crippen molar-refractivity contribution >= 4 is 5.97 Å². The van der Waals surface area contributed by atoms with Crippen molar-refractivity contribution in [2.75, 3.05) is 6.61 Å². The highest BCUT2D eigenvalue weighted by Crippen LogP contribution is 2.40. The molecule has 0 N–H and O–H groups in total. The van der Waals surface area contributed by atoms with Crippen molar-refractivity contribution in [1.82, 2.24) is 4.90 Å². The molecule has 1 fully saturated rings. The molecule has 3 nitrogen and oxygen atoms in total. The van der Waals surface area contributed by atoms with E-state index in [4.69, 9.17) is 4.74 Å². The molecule has 3 heteroatoms. The third kappa shape index (κ3) is 2.62. The van der Waals surface area contributed by atoms with E-state index >= 15 is 0 Å². The van der Waals surface area contributed by atoms with Crippen LogP contribution in [0.4, 0.5) is 0 Å². The summed E-state index contributed by atoms with van der Waals surface area (Å²) in [6, 6.07) is 10.9. The minimum atomic E-state index is -0.135. The molecule has 0 unspecified atom stereocenters. The van der Waals surface area contributed by atoms with E-state index < -0.39 is 0 Å². The van der Waals surface area contributed by atoms with Crippen LogP contribution in [-0.2, 0) is 9.53 Å². The van der Waals surface area contributed by atoms with E-state index in [0.717, 1.165) is 12.8 Å². The first-order valence-corrected chi connectivity index (χ1v) is 7.89. The summed E-state index contributed by atoms with van der Waals surface area (Å²) in [5.41, 5.74) is 1.26. The predicted octanol–water partition coefficient (Wildman–Crippen LogP) is 3.33. The molecule has 3 aliphatic rings. The van der Waals surface area contributed by atoms with Gasteiger partial charge in [0.25, 0.3) is 0 Å². The van der Waals surface area contributed by atoms with E-state index in [0.29, 0.717) is 18.6 Å². The number of benzene rings is 1. The van der Waals surface area contributed by atoms with Gasteiger partial charge in [-0.05, 0) is 32.3 Å². The van der Waals surface area contributed by atoms with Crippen LogP contribution < -0.4 is 0 Å². The maximum Gasteiger partial charge on any atom is 0.323 e. The lowest BCUT2D eigenvalue weighted by molar-refractivity contribution is -0.156. The second kappa shape index (κ2) is 6.02. The smallest absolute Gasteiger partial charge is 0.323 e. The number of ether oxygens (including phenoxy) is 1. The van der Waals surface area contributed by atoms with Crippen LogP contribution in [0.1, 0.15) is 38.3 Å². The Morgan fingerprint density at radius 3 is 2.67 bits per heavy atom. The first-order chi connectivity index (χ1) is 10.2. The first-order valence-electron chi connectivity index (χ1n) is 7.89. The largest absolute Gasteiger partial charge is 0.465 e. The Morgan fingerprint density at radius 1 is 1.29 bits per heavy atom.